The molecule has 2 heterocycles. The molecule has 1 aromatic carbocycles. The number of anilines is 1. The van der Waals surface area contributed by atoms with Gasteiger partial charge in [0.1, 0.15) is 5.75 Å². The van der Waals surface area contributed by atoms with Crippen molar-refractivity contribution in [1.29, 1.82) is 0 Å². The number of para-hydroxylation sites is 2. The van der Waals surface area contributed by atoms with E-state index in [0.29, 0.717) is 5.92 Å². The Balaban J connectivity index is 1.95. The predicted octanol–water partition coefficient (Wildman–Crippen LogP) is 0.630. The number of hydrogen-bond acceptors (Lipinski definition) is 3. The highest BCUT2D eigenvalue weighted by molar-refractivity contribution is 5.99. The van der Waals surface area contributed by atoms with Crippen LogP contribution in [0.4, 0.5) is 5.69 Å². The van der Waals surface area contributed by atoms with E-state index < -0.39 is 0 Å². The highest BCUT2D eigenvalue weighted by Gasteiger charge is 2.40. The SMILES string of the molecule is CN1C(=O)C(C2CNC2)Oc2ccccc21. The van der Waals surface area contributed by atoms with Crippen molar-refractivity contribution in [2.24, 2.45) is 5.92 Å². The summed E-state index contributed by atoms with van der Waals surface area (Å²) in [5, 5.41) is 3.17. The number of ether oxygens (including phenoxy) is 1. The molecule has 1 N–H and O–H groups in total. The third-order valence-corrected chi connectivity index (χ3v) is 3.30. The second-order valence-corrected chi connectivity index (χ2v) is 4.32. The Bertz CT molecular complexity index is 429. The van der Waals surface area contributed by atoms with Crippen LogP contribution in [0, 0.1) is 5.92 Å². The van der Waals surface area contributed by atoms with Crippen molar-refractivity contribution >= 4 is 11.6 Å². The smallest absolute Gasteiger partial charge is 0.268 e. The van der Waals surface area contributed by atoms with Crippen molar-refractivity contribution in [3.63, 3.8) is 0 Å². The van der Waals surface area contributed by atoms with Gasteiger partial charge in [0, 0.05) is 26.1 Å². The maximum Gasteiger partial charge on any atom is 0.268 e. The van der Waals surface area contributed by atoms with Gasteiger partial charge in [0.25, 0.3) is 5.91 Å². The topological polar surface area (TPSA) is 41.6 Å². The van der Waals surface area contributed by atoms with Crippen LogP contribution in [0.25, 0.3) is 0 Å². The molecule has 1 atom stereocenters. The van der Waals surface area contributed by atoms with E-state index in [-0.39, 0.29) is 12.0 Å². The van der Waals surface area contributed by atoms with Crippen LogP contribution in [0.1, 0.15) is 0 Å². The minimum absolute atomic E-state index is 0.0604. The highest BCUT2D eigenvalue weighted by atomic mass is 16.5. The van der Waals surface area contributed by atoms with Gasteiger partial charge in [-0.25, -0.2) is 0 Å². The Labute approximate surface area is 94.2 Å². The van der Waals surface area contributed by atoms with Gasteiger partial charge in [-0.3, -0.25) is 4.79 Å². The fraction of sp³-hybridized carbons (Fsp3) is 0.417. The van der Waals surface area contributed by atoms with Crippen molar-refractivity contribution in [1.82, 2.24) is 5.32 Å². The summed E-state index contributed by atoms with van der Waals surface area (Å²) in [4.78, 5) is 13.8. The average Bonchev–Trinajstić information content (AvgIpc) is 2.23. The maximum absolute atomic E-state index is 12.1. The molecule has 0 aromatic heterocycles. The van der Waals surface area contributed by atoms with Gasteiger partial charge in [-0.1, -0.05) is 12.1 Å². The van der Waals surface area contributed by atoms with Crippen LogP contribution in [0.5, 0.6) is 5.75 Å². The van der Waals surface area contributed by atoms with Gasteiger partial charge < -0.3 is 15.0 Å². The number of amides is 1. The first-order valence-electron chi connectivity index (χ1n) is 5.51. The lowest BCUT2D eigenvalue weighted by Gasteiger charge is -2.39. The van der Waals surface area contributed by atoms with Crippen molar-refractivity contribution in [3.8, 4) is 5.75 Å². The number of carbonyl (C=O) groups is 1. The second-order valence-electron chi connectivity index (χ2n) is 4.32. The van der Waals surface area contributed by atoms with E-state index in [1.54, 1.807) is 4.90 Å². The maximum atomic E-state index is 12.1. The fourth-order valence-corrected chi connectivity index (χ4v) is 2.15. The minimum Gasteiger partial charge on any atom is -0.478 e. The zero-order chi connectivity index (χ0) is 11.1. The van der Waals surface area contributed by atoms with Crippen LogP contribution < -0.4 is 15.0 Å². The van der Waals surface area contributed by atoms with E-state index >= 15 is 0 Å². The van der Waals surface area contributed by atoms with Gasteiger partial charge in [0.05, 0.1) is 5.69 Å². The van der Waals surface area contributed by atoms with E-state index in [0.717, 1.165) is 24.5 Å². The van der Waals surface area contributed by atoms with E-state index in [9.17, 15) is 4.79 Å². The normalized spacial score (nSPS) is 24.7. The summed E-state index contributed by atoms with van der Waals surface area (Å²) in [5.74, 6) is 1.18. The Hall–Kier alpha value is -1.55. The van der Waals surface area contributed by atoms with Crippen molar-refractivity contribution in [2.75, 3.05) is 25.0 Å². The molecule has 1 aromatic rings. The standard InChI is InChI=1S/C12H14N2O2/c1-14-9-4-2-3-5-10(9)16-11(12(14)15)8-6-13-7-8/h2-5,8,11,13H,6-7H2,1H3. The quantitative estimate of drug-likeness (QED) is 0.751. The molecule has 1 fully saturated rings. The molecule has 1 unspecified atom stereocenters. The van der Waals surface area contributed by atoms with E-state index in [1.807, 2.05) is 31.3 Å². The molecule has 1 saturated heterocycles. The summed E-state index contributed by atoms with van der Waals surface area (Å²) < 4.78 is 5.79. The van der Waals surface area contributed by atoms with Crippen LogP contribution in [0.15, 0.2) is 24.3 Å². The fourth-order valence-electron chi connectivity index (χ4n) is 2.15. The lowest BCUT2D eigenvalue weighted by molar-refractivity contribution is -0.129. The molecule has 0 bridgehead atoms. The number of benzene rings is 1. The molecule has 2 aliphatic heterocycles. The molecular formula is C12H14N2O2. The van der Waals surface area contributed by atoms with E-state index in [2.05, 4.69) is 5.32 Å². The van der Waals surface area contributed by atoms with Gasteiger partial charge in [0.2, 0.25) is 0 Å². The first-order valence-corrected chi connectivity index (χ1v) is 5.51. The third-order valence-electron chi connectivity index (χ3n) is 3.30. The monoisotopic (exact) mass is 218 g/mol. The third kappa shape index (κ3) is 1.30. The average molecular weight is 218 g/mol. The Kier molecular flexibility index (Phi) is 2.11. The first-order chi connectivity index (χ1) is 7.77. The van der Waals surface area contributed by atoms with Gasteiger partial charge in [-0.05, 0) is 12.1 Å². The number of carbonyl (C=O) groups excluding carboxylic acids is 1. The summed E-state index contributed by atoms with van der Waals surface area (Å²) in [6.07, 6.45) is -0.318. The zero-order valence-corrected chi connectivity index (χ0v) is 9.14. The second kappa shape index (κ2) is 3.49. The Morgan fingerprint density at radius 3 is 2.81 bits per heavy atom. The molecule has 0 spiro atoms. The largest absolute Gasteiger partial charge is 0.478 e. The molecule has 4 heteroatoms. The summed E-state index contributed by atoms with van der Waals surface area (Å²) in [6.45, 7) is 1.73. The molecule has 1 amide bonds. The van der Waals surface area contributed by atoms with Crippen LogP contribution in [-0.4, -0.2) is 32.1 Å². The minimum atomic E-state index is -0.318. The first kappa shape index (κ1) is 9.66. The molecule has 4 nitrogen and oxygen atoms in total. The zero-order valence-electron chi connectivity index (χ0n) is 9.14. The van der Waals surface area contributed by atoms with Gasteiger partial charge in [-0.15, -0.1) is 0 Å². The van der Waals surface area contributed by atoms with Gasteiger partial charge in [-0.2, -0.15) is 0 Å². The van der Waals surface area contributed by atoms with Crippen molar-refractivity contribution in [3.05, 3.63) is 24.3 Å². The number of likely N-dealkylation sites (N-methyl/N-ethyl adjacent to an activating group) is 1. The molecule has 2 aliphatic rings. The molecular weight excluding hydrogens is 204 g/mol. The summed E-state index contributed by atoms with van der Waals surface area (Å²) in [6, 6.07) is 7.66. The molecule has 16 heavy (non-hydrogen) atoms. The summed E-state index contributed by atoms with van der Waals surface area (Å²) >= 11 is 0. The molecule has 84 valence electrons. The van der Waals surface area contributed by atoms with Crippen molar-refractivity contribution in [2.45, 2.75) is 6.10 Å². The number of fused-ring (bicyclic) bond motifs is 1. The van der Waals surface area contributed by atoms with Gasteiger partial charge >= 0.3 is 0 Å². The Morgan fingerprint density at radius 2 is 2.12 bits per heavy atom. The van der Waals surface area contributed by atoms with Crippen LogP contribution >= 0.6 is 0 Å². The highest BCUT2D eigenvalue weighted by Crippen LogP contribution is 2.34. The number of nitrogens with one attached hydrogen (secondary N) is 1. The van der Waals surface area contributed by atoms with Crippen LogP contribution in [-0.2, 0) is 4.79 Å². The molecule has 0 aliphatic carbocycles. The molecule has 3 rings (SSSR count). The summed E-state index contributed by atoms with van der Waals surface area (Å²) in [5.41, 5.74) is 0.857. The van der Waals surface area contributed by atoms with Gasteiger partial charge in [0.15, 0.2) is 6.10 Å². The van der Waals surface area contributed by atoms with Crippen molar-refractivity contribution < 1.29 is 9.53 Å². The predicted molar refractivity (Wildman–Crippen MR) is 60.6 cm³/mol. The lowest BCUT2D eigenvalue weighted by atomic mass is 9.94. The summed E-state index contributed by atoms with van der Waals surface area (Å²) in [7, 11) is 1.81. The Morgan fingerprint density at radius 1 is 1.38 bits per heavy atom. The molecule has 0 radical (unpaired) electrons. The number of nitrogens with zero attached hydrogens (tertiary/aromatic N) is 1. The van der Waals surface area contributed by atoms with Crippen LogP contribution in [0.3, 0.4) is 0 Å². The molecule has 0 saturated carbocycles. The van der Waals surface area contributed by atoms with E-state index in [4.69, 9.17) is 4.74 Å². The lowest BCUT2D eigenvalue weighted by Crippen LogP contribution is -2.57. The number of rotatable bonds is 1. The number of hydrogen-bond donors (Lipinski definition) is 1. The van der Waals surface area contributed by atoms with Crippen LogP contribution in [0.2, 0.25) is 0 Å². The van der Waals surface area contributed by atoms with E-state index in [1.165, 1.54) is 0 Å².